The minimum atomic E-state index is 0.293. The Morgan fingerprint density at radius 1 is 1.31 bits per heavy atom. The summed E-state index contributed by atoms with van der Waals surface area (Å²) in [5.74, 6) is 0.858. The van der Waals surface area contributed by atoms with E-state index in [2.05, 4.69) is 16.9 Å². The van der Waals surface area contributed by atoms with Crippen molar-refractivity contribution in [1.82, 2.24) is 14.7 Å². The lowest BCUT2D eigenvalue weighted by atomic mass is 9.86. The van der Waals surface area contributed by atoms with E-state index in [0.29, 0.717) is 35.9 Å². The number of rotatable bonds is 7. The van der Waals surface area contributed by atoms with Gasteiger partial charge < -0.3 is 9.80 Å². The Labute approximate surface area is 162 Å². The van der Waals surface area contributed by atoms with Gasteiger partial charge in [-0.1, -0.05) is 30.9 Å². The van der Waals surface area contributed by atoms with Crippen molar-refractivity contribution in [3.05, 3.63) is 16.9 Å². The van der Waals surface area contributed by atoms with Crippen molar-refractivity contribution in [2.45, 2.75) is 70.9 Å². The Kier molecular flexibility index (Phi) is 6.98. The number of nitrogens with one attached hydrogen (secondary N) is 1. The molecule has 2 heterocycles. The quantitative estimate of drug-likeness (QED) is 0.788. The summed E-state index contributed by atoms with van der Waals surface area (Å²) >= 11 is 6.33. The van der Waals surface area contributed by atoms with Crippen molar-refractivity contribution in [2.24, 2.45) is 13.0 Å². The number of likely N-dealkylation sites (N-methyl/N-ethyl adjacent to an activating group) is 1. The van der Waals surface area contributed by atoms with Crippen LogP contribution in [0, 0.1) is 5.92 Å². The Morgan fingerprint density at radius 3 is 2.73 bits per heavy atom. The monoisotopic (exact) mass is 381 g/mol. The molecule has 2 atom stereocenters. The molecule has 1 N–H and O–H groups in total. The van der Waals surface area contributed by atoms with Gasteiger partial charge in [0.1, 0.15) is 11.7 Å². The summed E-state index contributed by atoms with van der Waals surface area (Å²) in [6, 6.07) is 0.554. The number of aryl methyl sites for hydroxylation is 1. The minimum absolute atomic E-state index is 0.293. The van der Waals surface area contributed by atoms with Crippen LogP contribution < -0.4 is 4.90 Å². The molecular weight excluding hydrogens is 348 g/mol. The van der Waals surface area contributed by atoms with Crippen LogP contribution >= 0.6 is 11.6 Å². The van der Waals surface area contributed by atoms with E-state index < -0.39 is 0 Å². The molecule has 0 bridgehead atoms. The molecule has 1 saturated heterocycles. The average Bonchev–Trinajstić information content (AvgIpc) is 3.20. The van der Waals surface area contributed by atoms with E-state index in [1.54, 1.807) is 9.58 Å². The summed E-state index contributed by atoms with van der Waals surface area (Å²) in [5.41, 5.74) is 0.821. The topological polar surface area (TPSA) is 42.6 Å². The van der Waals surface area contributed by atoms with Gasteiger partial charge in [0.25, 0.3) is 0 Å². The van der Waals surface area contributed by atoms with Crippen LogP contribution in [-0.4, -0.2) is 46.3 Å². The lowest BCUT2D eigenvalue weighted by molar-refractivity contribution is -0.909. The maximum Gasteiger partial charge on any atom is 0.223 e. The molecule has 26 heavy (non-hydrogen) atoms. The first kappa shape index (κ1) is 19.7. The van der Waals surface area contributed by atoms with Crippen LogP contribution in [0.5, 0.6) is 0 Å². The smallest absolute Gasteiger partial charge is 0.223 e. The molecule has 0 spiro atoms. The van der Waals surface area contributed by atoms with Gasteiger partial charge in [0.05, 0.1) is 31.2 Å². The molecule has 0 radical (unpaired) electrons. The SMILES string of the molecule is CC[NH+]1CCC[C@@H]1CN(Cc1nn(C)cc1Cl)C(=O)CC1CCCCC1. The van der Waals surface area contributed by atoms with Crippen molar-refractivity contribution >= 4 is 17.5 Å². The third-order valence-corrected chi connectivity index (χ3v) is 6.57. The number of quaternary nitrogens is 1. The van der Waals surface area contributed by atoms with E-state index in [9.17, 15) is 4.79 Å². The van der Waals surface area contributed by atoms with Gasteiger partial charge in [-0.25, -0.2) is 0 Å². The summed E-state index contributed by atoms with van der Waals surface area (Å²) in [4.78, 5) is 16.8. The Morgan fingerprint density at radius 2 is 2.08 bits per heavy atom. The van der Waals surface area contributed by atoms with E-state index in [0.717, 1.165) is 18.8 Å². The molecule has 1 aliphatic carbocycles. The van der Waals surface area contributed by atoms with Gasteiger partial charge in [-0.05, 0) is 25.7 Å². The summed E-state index contributed by atoms with van der Waals surface area (Å²) in [5, 5.41) is 5.14. The second-order valence-corrected chi connectivity index (χ2v) is 8.59. The second kappa shape index (κ2) is 9.23. The lowest BCUT2D eigenvalue weighted by Gasteiger charge is -2.30. The van der Waals surface area contributed by atoms with Crippen LogP contribution in [-0.2, 0) is 18.4 Å². The first-order valence-electron chi connectivity index (χ1n) is 10.4. The van der Waals surface area contributed by atoms with Crippen molar-refractivity contribution in [3.8, 4) is 0 Å². The molecule has 2 fully saturated rings. The Bertz CT molecular complexity index is 597. The third-order valence-electron chi connectivity index (χ3n) is 6.26. The largest absolute Gasteiger partial charge is 0.331 e. The number of nitrogens with zero attached hydrogens (tertiary/aromatic N) is 3. The van der Waals surface area contributed by atoms with Crippen LogP contribution in [0.15, 0.2) is 6.20 Å². The van der Waals surface area contributed by atoms with Crippen molar-refractivity contribution < 1.29 is 9.69 Å². The standard InChI is InChI=1S/C20H33ClN4O/c1-3-24-11-7-10-17(24)13-25(15-19-18(21)14-23(2)22-19)20(26)12-16-8-5-4-6-9-16/h14,16-17H,3-13,15H2,1-2H3/p+1/t17-/m1/s1. The Hall–Kier alpha value is -1.07. The molecule has 5 nitrogen and oxygen atoms in total. The highest BCUT2D eigenvalue weighted by Crippen LogP contribution is 2.27. The van der Waals surface area contributed by atoms with Crippen molar-refractivity contribution in [3.63, 3.8) is 0 Å². The summed E-state index contributed by atoms with van der Waals surface area (Å²) in [6.07, 6.45) is 11.3. The average molecular weight is 382 g/mol. The minimum Gasteiger partial charge on any atom is -0.331 e. The number of hydrogen-bond acceptors (Lipinski definition) is 2. The molecule has 1 saturated carbocycles. The highest BCUT2D eigenvalue weighted by molar-refractivity contribution is 6.31. The van der Waals surface area contributed by atoms with Gasteiger partial charge in [0, 0.05) is 32.5 Å². The number of aromatic nitrogens is 2. The fourth-order valence-corrected chi connectivity index (χ4v) is 4.99. The maximum absolute atomic E-state index is 13.2. The first-order valence-corrected chi connectivity index (χ1v) is 10.7. The zero-order valence-electron chi connectivity index (χ0n) is 16.3. The van der Waals surface area contributed by atoms with Crippen LogP contribution in [0.3, 0.4) is 0 Å². The second-order valence-electron chi connectivity index (χ2n) is 8.18. The van der Waals surface area contributed by atoms with E-state index in [1.807, 2.05) is 13.2 Å². The molecule has 146 valence electrons. The maximum atomic E-state index is 13.2. The summed E-state index contributed by atoms with van der Waals surface area (Å²) < 4.78 is 1.74. The molecule has 2 aliphatic rings. The number of amides is 1. The molecule has 0 aromatic carbocycles. The molecule has 1 aromatic rings. The summed E-state index contributed by atoms with van der Waals surface area (Å²) in [7, 11) is 1.88. The van der Waals surface area contributed by atoms with E-state index >= 15 is 0 Å². The number of halogens is 1. The highest BCUT2D eigenvalue weighted by Gasteiger charge is 2.32. The normalized spacial score (nSPS) is 24.1. The van der Waals surface area contributed by atoms with Gasteiger partial charge in [-0.2, -0.15) is 5.10 Å². The van der Waals surface area contributed by atoms with Crippen LogP contribution in [0.1, 0.15) is 64.0 Å². The summed E-state index contributed by atoms with van der Waals surface area (Å²) in [6.45, 7) is 5.99. The number of likely N-dealkylation sites (tertiary alicyclic amines) is 1. The fourth-order valence-electron chi connectivity index (χ4n) is 4.75. The molecule has 1 amide bonds. The van der Waals surface area contributed by atoms with Gasteiger partial charge in [0.2, 0.25) is 5.91 Å². The number of carbonyl (C=O) groups excluding carboxylic acids is 1. The molecule has 3 rings (SSSR count). The van der Waals surface area contributed by atoms with E-state index in [4.69, 9.17) is 11.6 Å². The molecular formula is C20H34ClN4O+. The van der Waals surface area contributed by atoms with Gasteiger partial charge in [-0.3, -0.25) is 9.48 Å². The predicted octanol–water partition coefficient (Wildman–Crippen LogP) is 2.44. The van der Waals surface area contributed by atoms with Gasteiger partial charge in [0.15, 0.2) is 0 Å². The number of carbonyl (C=O) groups is 1. The van der Waals surface area contributed by atoms with Crippen LogP contribution in [0.2, 0.25) is 5.02 Å². The van der Waals surface area contributed by atoms with E-state index in [-0.39, 0.29) is 0 Å². The molecule has 6 heteroatoms. The predicted molar refractivity (Wildman–Crippen MR) is 104 cm³/mol. The fraction of sp³-hybridized carbons (Fsp3) is 0.800. The zero-order valence-corrected chi connectivity index (χ0v) is 17.1. The van der Waals surface area contributed by atoms with Crippen LogP contribution in [0.4, 0.5) is 0 Å². The zero-order chi connectivity index (χ0) is 18.5. The molecule has 1 aliphatic heterocycles. The highest BCUT2D eigenvalue weighted by atomic mass is 35.5. The van der Waals surface area contributed by atoms with Crippen molar-refractivity contribution in [2.75, 3.05) is 19.6 Å². The van der Waals surface area contributed by atoms with Gasteiger partial charge >= 0.3 is 0 Å². The third kappa shape index (κ3) is 5.01. The molecule has 1 unspecified atom stereocenters. The Balaban J connectivity index is 1.69. The number of hydrogen-bond donors (Lipinski definition) is 1. The van der Waals surface area contributed by atoms with Gasteiger partial charge in [-0.15, -0.1) is 0 Å². The molecule has 1 aromatic heterocycles. The lowest BCUT2D eigenvalue weighted by Crippen LogP contribution is -3.14. The first-order chi connectivity index (χ1) is 12.6. The van der Waals surface area contributed by atoms with Crippen molar-refractivity contribution in [1.29, 1.82) is 0 Å². The van der Waals surface area contributed by atoms with Crippen LogP contribution in [0.25, 0.3) is 0 Å². The van der Waals surface area contributed by atoms with E-state index in [1.165, 1.54) is 51.5 Å².